The van der Waals surface area contributed by atoms with Gasteiger partial charge in [-0.1, -0.05) is 121 Å². The zero-order valence-corrected chi connectivity index (χ0v) is 44.9. The lowest BCUT2D eigenvalue weighted by atomic mass is 10.1. The Hall–Kier alpha value is -9.50. The van der Waals surface area contributed by atoms with Crippen molar-refractivity contribution in [2.45, 2.75) is 0 Å². The van der Waals surface area contributed by atoms with Gasteiger partial charge in [0.15, 0.2) is 0 Å². The van der Waals surface area contributed by atoms with Crippen molar-refractivity contribution in [3.63, 3.8) is 0 Å². The molecule has 5 aromatic heterocycles. The highest BCUT2D eigenvalue weighted by atomic mass is 32.1. The summed E-state index contributed by atoms with van der Waals surface area (Å²) in [6.45, 7) is 0. The molecule has 0 fully saturated rings. The van der Waals surface area contributed by atoms with Gasteiger partial charge in [-0.25, -0.2) is 0 Å². The molecule has 0 spiro atoms. The third-order valence-corrected chi connectivity index (χ3v) is 19.4. The fourth-order valence-corrected chi connectivity index (χ4v) is 16.0. The number of hydrogen-bond acceptors (Lipinski definition) is 5. The minimum absolute atomic E-state index is 1.12. The van der Waals surface area contributed by atoms with Crippen molar-refractivity contribution < 1.29 is 0 Å². The molecule has 0 unspecified atom stereocenters. The Bertz CT molecular complexity index is 4930. The Labute approximate surface area is 466 Å². The van der Waals surface area contributed by atoms with Gasteiger partial charge in [0.05, 0.1) is 22.1 Å². The van der Waals surface area contributed by atoms with E-state index in [1.54, 1.807) is 0 Å². The summed E-state index contributed by atoms with van der Waals surface area (Å²) in [6, 6.07) is 98.3. The van der Waals surface area contributed by atoms with Crippen molar-refractivity contribution in [3.05, 3.63) is 267 Å². The van der Waals surface area contributed by atoms with Gasteiger partial charge in [0, 0.05) is 128 Å². The first-order valence-electron chi connectivity index (χ1n) is 26.7. The van der Waals surface area contributed by atoms with E-state index in [1.807, 2.05) is 34.0 Å². The summed E-state index contributed by atoms with van der Waals surface area (Å²) in [5, 5.41) is 12.8. The topological polar surface area (TPSA) is 16.3 Å². The second-order valence-electron chi connectivity index (χ2n) is 20.5. The molecule has 17 rings (SSSR count). The first-order chi connectivity index (χ1) is 39.1. The van der Waals surface area contributed by atoms with Gasteiger partial charge in [0.1, 0.15) is 0 Å². The van der Waals surface area contributed by atoms with Gasteiger partial charge in [-0.05, 0) is 146 Å². The van der Waals surface area contributed by atoms with E-state index in [2.05, 4.69) is 286 Å². The van der Waals surface area contributed by atoms with Gasteiger partial charge in [0.2, 0.25) is 0 Å². The largest absolute Gasteiger partial charge is 0.310 e. The maximum absolute atomic E-state index is 2.46. The van der Waals surface area contributed by atoms with E-state index in [4.69, 9.17) is 0 Å². The molecule has 0 saturated heterocycles. The van der Waals surface area contributed by atoms with Crippen LogP contribution in [0.1, 0.15) is 0 Å². The van der Waals surface area contributed by atoms with Crippen LogP contribution in [0.2, 0.25) is 0 Å². The Kier molecular flexibility index (Phi) is 9.89. The van der Waals surface area contributed by atoms with Crippen molar-refractivity contribution in [3.8, 4) is 11.4 Å². The number of nitrogens with zero attached hydrogens (tertiary/aromatic N) is 4. The zero-order chi connectivity index (χ0) is 51.7. The fourth-order valence-electron chi connectivity index (χ4n) is 12.5. The summed E-state index contributed by atoms with van der Waals surface area (Å²) in [4.78, 5) is 4.82. The van der Waals surface area contributed by atoms with E-state index in [0.717, 1.165) is 45.5 Å². The number of anilines is 6. The van der Waals surface area contributed by atoms with Gasteiger partial charge in [-0.3, -0.25) is 0 Å². The monoisotopic (exact) mass is 1060 g/mol. The molecule has 5 heterocycles. The van der Waals surface area contributed by atoms with E-state index in [1.165, 1.54) is 104 Å². The van der Waals surface area contributed by atoms with Crippen molar-refractivity contribution in [2.24, 2.45) is 0 Å². The van der Waals surface area contributed by atoms with E-state index in [0.29, 0.717) is 0 Å². The lowest BCUT2D eigenvalue weighted by Gasteiger charge is -2.25. The Morgan fingerprint density at radius 1 is 0.203 bits per heavy atom. The third-order valence-electron chi connectivity index (χ3n) is 16.0. The molecule has 0 aliphatic carbocycles. The van der Waals surface area contributed by atoms with Crippen molar-refractivity contribution in [1.82, 2.24) is 9.13 Å². The summed E-state index contributed by atoms with van der Waals surface area (Å²) in [7, 11) is 0. The molecule has 0 radical (unpaired) electrons. The van der Waals surface area contributed by atoms with Crippen LogP contribution in [0.4, 0.5) is 34.1 Å². The second kappa shape index (κ2) is 17.5. The van der Waals surface area contributed by atoms with E-state index < -0.39 is 0 Å². The summed E-state index contributed by atoms with van der Waals surface area (Å²) in [5.41, 5.74) is 13.9. The molecule has 7 heteroatoms. The first-order valence-corrected chi connectivity index (χ1v) is 29.2. The maximum atomic E-state index is 2.46. The summed E-state index contributed by atoms with van der Waals surface area (Å²) in [5.74, 6) is 0. The number of thiophene rings is 3. The molecular formula is C72H44N4S3. The fraction of sp³-hybridized carbons (Fsp3) is 0. The van der Waals surface area contributed by atoms with Gasteiger partial charge < -0.3 is 18.9 Å². The predicted octanol–water partition coefficient (Wildman–Crippen LogP) is 21.9. The molecule has 0 saturated carbocycles. The standard InChI is InChI=1S/C72H44N4S3/c1-5-17-45(18-6-1)73(49-31-35-65-57(37-49)53-25-13-15-27-63(53)75(65)47-21-9-3-10-22-47)51-29-33-55-59-41-71-61(43-69(59)77-67(55)39-51)62-44-70-60(42-72(62)79-71)56-34-30-52(40-68(56)78-70)74(46-19-7-2-8-20-46)50-32-36-66-58(38-50)54-26-14-16-28-64(54)76(66)48-23-11-4-12-24-48/h1-44H. The van der Waals surface area contributed by atoms with Crippen LogP contribution in [-0.4, -0.2) is 9.13 Å². The van der Waals surface area contributed by atoms with Gasteiger partial charge in [0.25, 0.3) is 0 Å². The minimum atomic E-state index is 1.12. The number of para-hydroxylation sites is 6. The van der Waals surface area contributed by atoms with Crippen LogP contribution in [0.15, 0.2) is 267 Å². The quantitative estimate of drug-likeness (QED) is 0.151. The Balaban J connectivity index is 0.755. The van der Waals surface area contributed by atoms with E-state index in [-0.39, 0.29) is 0 Å². The molecule has 0 amide bonds. The van der Waals surface area contributed by atoms with Gasteiger partial charge >= 0.3 is 0 Å². The van der Waals surface area contributed by atoms with Crippen LogP contribution in [-0.2, 0) is 0 Å². The summed E-state index contributed by atoms with van der Waals surface area (Å²) in [6.07, 6.45) is 0. The predicted molar refractivity (Wildman–Crippen MR) is 343 cm³/mol. The molecule has 79 heavy (non-hydrogen) atoms. The Morgan fingerprint density at radius 3 is 0.911 bits per heavy atom. The number of rotatable bonds is 8. The van der Waals surface area contributed by atoms with E-state index in [9.17, 15) is 0 Å². The molecule has 0 aliphatic rings. The number of fused-ring (bicyclic) bond motifs is 15. The van der Waals surface area contributed by atoms with Crippen LogP contribution in [0.25, 0.3) is 116 Å². The average molecular weight is 1060 g/mol. The highest BCUT2D eigenvalue weighted by Gasteiger charge is 2.22. The smallest absolute Gasteiger partial charge is 0.0542 e. The SMILES string of the molecule is c1ccc(N(c2ccc3c(c2)sc2cc4c(cc23)sc2cc3c(cc24)sc2cc(N(c4ccccc4)c4ccc5c(c4)c4ccccc4n5-c4ccccc4)ccc23)c2ccc3c(c2)c2ccccc2n3-c2ccccc2)cc1. The van der Waals surface area contributed by atoms with Crippen LogP contribution < -0.4 is 9.80 Å². The van der Waals surface area contributed by atoms with Crippen molar-refractivity contribution >= 4 is 172 Å². The number of hydrogen-bond donors (Lipinski definition) is 0. The molecule has 0 N–H and O–H groups in total. The van der Waals surface area contributed by atoms with Crippen LogP contribution in [0.3, 0.4) is 0 Å². The van der Waals surface area contributed by atoms with Crippen LogP contribution >= 0.6 is 34.0 Å². The molecule has 370 valence electrons. The first kappa shape index (κ1) is 44.6. The van der Waals surface area contributed by atoms with Crippen LogP contribution in [0.5, 0.6) is 0 Å². The summed E-state index contributed by atoms with van der Waals surface area (Å²) < 4.78 is 12.6. The molecule has 0 atom stereocenters. The average Bonchev–Trinajstić information content (AvgIpc) is 4.51. The lowest BCUT2D eigenvalue weighted by molar-refractivity contribution is 1.18. The van der Waals surface area contributed by atoms with Gasteiger partial charge in [-0.2, -0.15) is 0 Å². The minimum Gasteiger partial charge on any atom is -0.310 e. The maximum Gasteiger partial charge on any atom is 0.0542 e. The molecular weight excluding hydrogens is 1020 g/mol. The zero-order valence-electron chi connectivity index (χ0n) is 42.4. The molecule has 0 aliphatic heterocycles. The normalized spacial score (nSPS) is 12.1. The molecule has 12 aromatic carbocycles. The number of benzene rings is 12. The van der Waals surface area contributed by atoms with Crippen molar-refractivity contribution in [2.75, 3.05) is 9.80 Å². The van der Waals surface area contributed by atoms with Gasteiger partial charge in [-0.15, -0.1) is 34.0 Å². The van der Waals surface area contributed by atoms with Crippen LogP contribution in [0, 0.1) is 0 Å². The highest BCUT2D eigenvalue weighted by molar-refractivity contribution is 7.28. The lowest BCUT2D eigenvalue weighted by Crippen LogP contribution is -2.09. The third kappa shape index (κ3) is 6.97. The summed E-state index contributed by atoms with van der Waals surface area (Å²) >= 11 is 5.71. The Morgan fingerprint density at radius 2 is 0.506 bits per heavy atom. The molecule has 0 bridgehead atoms. The second-order valence-corrected chi connectivity index (χ2v) is 23.7. The highest BCUT2D eigenvalue weighted by Crippen LogP contribution is 2.49. The number of aromatic nitrogens is 2. The van der Waals surface area contributed by atoms with Crippen molar-refractivity contribution in [1.29, 1.82) is 0 Å². The van der Waals surface area contributed by atoms with E-state index >= 15 is 0 Å². The molecule has 17 aromatic rings. The molecule has 4 nitrogen and oxygen atoms in total.